The minimum atomic E-state index is -0.503. The first-order chi connectivity index (χ1) is 12.8. The number of likely N-dealkylation sites (tertiary alicyclic amines) is 1. The van der Waals surface area contributed by atoms with Gasteiger partial charge in [0, 0.05) is 31.0 Å². The second-order valence-corrected chi connectivity index (χ2v) is 8.14. The summed E-state index contributed by atoms with van der Waals surface area (Å²) in [6.45, 7) is 6.70. The van der Waals surface area contributed by atoms with Gasteiger partial charge in [-0.15, -0.1) is 0 Å². The summed E-state index contributed by atoms with van der Waals surface area (Å²) in [5.74, 6) is -0.140. The van der Waals surface area contributed by atoms with Crippen molar-refractivity contribution in [2.24, 2.45) is 5.41 Å². The molecule has 1 aromatic rings. The molecule has 0 aliphatic carbocycles. The summed E-state index contributed by atoms with van der Waals surface area (Å²) in [6.07, 6.45) is 2.70. The topological polar surface area (TPSA) is 78.5 Å². The zero-order valence-corrected chi connectivity index (χ0v) is 16.6. The number of hydrogen-bond acceptors (Lipinski definition) is 3. The van der Waals surface area contributed by atoms with E-state index in [-0.39, 0.29) is 30.3 Å². The smallest absolute Gasteiger partial charge is 0.241 e. The van der Waals surface area contributed by atoms with Gasteiger partial charge >= 0.3 is 0 Å². The van der Waals surface area contributed by atoms with E-state index in [9.17, 15) is 14.4 Å². The first-order valence-corrected chi connectivity index (χ1v) is 9.65. The number of aryl methyl sites for hydroxylation is 1. The van der Waals surface area contributed by atoms with Crippen molar-refractivity contribution >= 4 is 17.7 Å². The summed E-state index contributed by atoms with van der Waals surface area (Å²) in [6, 6.07) is 10.1. The van der Waals surface area contributed by atoms with Gasteiger partial charge in [0.05, 0.1) is 6.54 Å². The monoisotopic (exact) mass is 373 g/mol. The molecule has 6 heteroatoms. The number of carbonyl (C=O) groups is 3. The van der Waals surface area contributed by atoms with Crippen molar-refractivity contribution in [2.45, 2.75) is 52.5 Å². The third-order valence-corrected chi connectivity index (χ3v) is 4.78. The summed E-state index contributed by atoms with van der Waals surface area (Å²) in [4.78, 5) is 38.0. The van der Waals surface area contributed by atoms with Gasteiger partial charge in [-0.2, -0.15) is 0 Å². The van der Waals surface area contributed by atoms with E-state index in [0.29, 0.717) is 19.5 Å². The van der Waals surface area contributed by atoms with E-state index in [1.165, 1.54) is 0 Å². The quantitative estimate of drug-likeness (QED) is 0.799. The first-order valence-electron chi connectivity index (χ1n) is 9.65. The number of amides is 3. The fourth-order valence-corrected chi connectivity index (χ4v) is 3.01. The molecule has 6 nitrogen and oxygen atoms in total. The maximum Gasteiger partial charge on any atom is 0.241 e. The second-order valence-electron chi connectivity index (χ2n) is 8.14. The van der Waals surface area contributed by atoms with E-state index >= 15 is 0 Å². The lowest BCUT2D eigenvalue weighted by Gasteiger charge is -2.32. The van der Waals surface area contributed by atoms with E-state index in [1.807, 2.05) is 51.1 Å². The molecule has 0 atom stereocenters. The SMILES string of the molecule is CC(C)(C)C(=O)NCC(=O)N1CCC(NC(=O)CCc2ccccc2)CC1. The Morgan fingerprint density at radius 2 is 1.70 bits per heavy atom. The number of benzene rings is 1. The molecule has 1 saturated heterocycles. The van der Waals surface area contributed by atoms with Crippen molar-refractivity contribution in [1.29, 1.82) is 0 Å². The summed E-state index contributed by atoms with van der Waals surface area (Å²) in [7, 11) is 0. The van der Waals surface area contributed by atoms with E-state index in [0.717, 1.165) is 24.8 Å². The lowest BCUT2D eigenvalue weighted by atomic mass is 9.96. The van der Waals surface area contributed by atoms with Crippen molar-refractivity contribution in [3.05, 3.63) is 35.9 Å². The standard InChI is InChI=1S/C21H31N3O3/c1-21(2,3)20(27)22-15-19(26)24-13-11-17(12-14-24)23-18(25)10-9-16-7-5-4-6-8-16/h4-8,17H,9-15H2,1-3H3,(H,22,27)(H,23,25). The van der Waals surface area contributed by atoms with Crippen molar-refractivity contribution in [1.82, 2.24) is 15.5 Å². The highest BCUT2D eigenvalue weighted by atomic mass is 16.2. The highest BCUT2D eigenvalue weighted by Crippen LogP contribution is 2.13. The Bertz CT molecular complexity index is 644. The average molecular weight is 373 g/mol. The summed E-state index contributed by atoms with van der Waals surface area (Å²) < 4.78 is 0. The molecule has 2 N–H and O–H groups in total. The normalized spacial score (nSPS) is 15.3. The van der Waals surface area contributed by atoms with Gasteiger partial charge < -0.3 is 15.5 Å². The Kier molecular flexibility index (Phi) is 7.39. The van der Waals surface area contributed by atoms with Gasteiger partial charge in [0.1, 0.15) is 0 Å². The Hall–Kier alpha value is -2.37. The van der Waals surface area contributed by atoms with Crippen LogP contribution in [0.4, 0.5) is 0 Å². The Morgan fingerprint density at radius 3 is 2.30 bits per heavy atom. The van der Waals surface area contributed by atoms with E-state index in [4.69, 9.17) is 0 Å². The third kappa shape index (κ3) is 7.04. The molecular weight excluding hydrogens is 342 g/mol. The molecular formula is C21H31N3O3. The summed E-state index contributed by atoms with van der Waals surface area (Å²) in [5.41, 5.74) is 0.655. The maximum absolute atomic E-state index is 12.2. The van der Waals surface area contributed by atoms with Crippen LogP contribution in [0, 0.1) is 5.41 Å². The Morgan fingerprint density at radius 1 is 1.07 bits per heavy atom. The molecule has 1 fully saturated rings. The van der Waals surface area contributed by atoms with Crippen molar-refractivity contribution in [3.63, 3.8) is 0 Å². The molecule has 2 rings (SSSR count). The fourth-order valence-electron chi connectivity index (χ4n) is 3.01. The van der Waals surface area contributed by atoms with Gasteiger partial charge in [-0.25, -0.2) is 0 Å². The van der Waals surface area contributed by atoms with Crippen LogP contribution in [0.15, 0.2) is 30.3 Å². The molecule has 148 valence electrons. The lowest BCUT2D eigenvalue weighted by molar-refractivity contribution is -0.136. The van der Waals surface area contributed by atoms with Gasteiger partial charge in [0.25, 0.3) is 0 Å². The highest BCUT2D eigenvalue weighted by Gasteiger charge is 2.26. The number of hydrogen-bond donors (Lipinski definition) is 2. The van der Waals surface area contributed by atoms with Gasteiger partial charge in [0.2, 0.25) is 17.7 Å². The molecule has 0 aromatic heterocycles. The number of carbonyl (C=O) groups excluding carboxylic acids is 3. The second kappa shape index (κ2) is 9.53. The predicted molar refractivity (Wildman–Crippen MR) is 105 cm³/mol. The third-order valence-electron chi connectivity index (χ3n) is 4.78. The number of rotatable bonds is 6. The molecule has 27 heavy (non-hydrogen) atoms. The fraction of sp³-hybridized carbons (Fsp3) is 0.571. The van der Waals surface area contributed by atoms with Crippen LogP contribution in [-0.2, 0) is 20.8 Å². The largest absolute Gasteiger partial charge is 0.353 e. The number of piperidine rings is 1. The maximum atomic E-state index is 12.2. The van der Waals surface area contributed by atoms with E-state index in [2.05, 4.69) is 10.6 Å². The number of nitrogens with zero attached hydrogens (tertiary/aromatic N) is 1. The van der Waals surface area contributed by atoms with Gasteiger partial charge in [0.15, 0.2) is 0 Å². The van der Waals surface area contributed by atoms with Gasteiger partial charge in [-0.05, 0) is 24.8 Å². The molecule has 1 aliphatic rings. The zero-order valence-electron chi connectivity index (χ0n) is 16.6. The molecule has 0 saturated carbocycles. The molecule has 3 amide bonds. The van der Waals surface area contributed by atoms with Gasteiger partial charge in [-0.3, -0.25) is 14.4 Å². The molecule has 1 heterocycles. The van der Waals surface area contributed by atoms with Crippen LogP contribution >= 0.6 is 0 Å². The molecule has 1 aromatic carbocycles. The molecule has 0 spiro atoms. The average Bonchev–Trinajstić information content (AvgIpc) is 2.65. The van der Waals surface area contributed by atoms with Crippen LogP contribution in [0.2, 0.25) is 0 Å². The lowest BCUT2D eigenvalue weighted by Crippen LogP contribution is -2.49. The summed E-state index contributed by atoms with van der Waals surface area (Å²) >= 11 is 0. The van der Waals surface area contributed by atoms with Crippen molar-refractivity contribution in [3.8, 4) is 0 Å². The minimum Gasteiger partial charge on any atom is -0.353 e. The van der Waals surface area contributed by atoms with Crippen molar-refractivity contribution in [2.75, 3.05) is 19.6 Å². The van der Waals surface area contributed by atoms with Crippen LogP contribution < -0.4 is 10.6 Å². The van der Waals surface area contributed by atoms with Crippen molar-refractivity contribution < 1.29 is 14.4 Å². The highest BCUT2D eigenvalue weighted by molar-refractivity contribution is 5.87. The summed E-state index contributed by atoms with van der Waals surface area (Å²) in [5, 5.41) is 5.77. The van der Waals surface area contributed by atoms with Crippen LogP contribution in [0.5, 0.6) is 0 Å². The Balaban J connectivity index is 1.66. The molecule has 1 aliphatic heterocycles. The zero-order chi connectivity index (χ0) is 19.9. The Labute approximate surface area is 161 Å². The number of nitrogens with one attached hydrogen (secondary N) is 2. The van der Waals surface area contributed by atoms with Crippen LogP contribution in [0.3, 0.4) is 0 Å². The minimum absolute atomic E-state index is 0.0319. The van der Waals surface area contributed by atoms with Crippen LogP contribution in [0.25, 0.3) is 0 Å². The molecule has 0 radical (unpaired) electrons. The van der Waals surface area contributed by atoms with Crippen LogP contribution in [0.1, 0.15) is 45.6 Å². The van der Waals surface area contributed by atoms with Gasteiger partial charge in [-0.1, -0.05) is 51.1 Å². The first kappa shape index (κ1) is 20.9. The predicted octanol–water partition coefficient (Wildman–Crippen LogP) is 1.89. The van der Waals surface area contributed by atoms with E-state index < -0.39 is 5.41 Å². The molecule has 0 bridgehead atoms. The van der Waals surface area contributed by atoms with E-state index in [1.54, 1.807) is 4.90 Å². The van der Waals surface area contributed by atoms with Crippen LogP contribution in [-0.4, -0.2) is 48.3 Å². The molecule has 0 unspecified atom stereocenters.